The third-order valence-electron chi connectivity index (χ3n) is 7.82. The molecule has 0 radical (unpaired) electrons. The van der Waals surface area contributed by atoms with Crippen molar-refractivity contribution in [2.75, 3.05) is 32.8 Å². The van der Waals surface area contributed by atoms with E-state index in [4.69, 9.17) is 25.8 Å². The first-order valence-corrected chi connectivity index (χ1v) is 16.0. The van der Waals surface area contributed by atoms with E-state index in [-0.39, 0.29) is 36.6 Å². The molecule has 0 spiro atoms. The fourth-order valence-corrected chi connectivity index (χ4v) is 6.83. The van der Waals surface area contributed by atoms with Crippen LogP contribution in [-0.4, -0.2) is 74.6 Å². The molecular formula is C29H35ClFN3O7S. The summed E-state index contributed by atoms with van der Waals surface area (Å²) in [5.74, 6) is -1.55. The molecule has 228 valence electrons. The van der Waals surface area contributed by atoms with E-state index in [1.165, 1.54) is 0 Å². The van der Waals surface area contributed by atoms with Gasteiger partial charge in [0, 0.05) is 25.7 Å². The number of nitrogens with zero attached hydrogens (tertiary/aromatic N) is 2. The quantitative estimate of drug-likeness (QED) is 0.414. The second-order valence-corrected chi connectivity index (χ2v) is 13.1. The van der Waals surface area contributed by atoms with Gasteiger partial charge in [-0.05, 0) is 43.2 Å². The minimum absolute atomic E-state index is 0.0226. The monoisotopic (exact) mass is 623 g/mol. The maximum absolute atomic E-state index is 14.7. The molecule has 3 fully saturated rings. The van der Waals surface area contributed by atoms with Crippen molar-refractivity contribution in [3.8, 4) is 5.75 Å². The molecule has 1 saturated carbocycles. The van der Waals surface area contributed by atoms with Crippen molar-refractivity contribution in [3.63, 3.8) is 0 Å². The molecule has 10 nitrogen and oxygen atoms in total. The summed E-state index contributed by atoms with van der Waals surface area (Å²) in [5.41, 5.74) is 0.400. The molecule has 1 unspecified atom stereocenters. The largest absolute Gasteiger partial charge is 0.492 e. The molecule has 1 N–H and O–H groups in total. The first kappa shape index (κ1) is 30.5. The molecule has 0 bridgehead atoms. The van der Waals surface area contributed by atoms with Crippen molar-refractivity contribution in [2.45, 2.75) is 57.3 Å². The van der Waals surface area contributed by atoms with Gasteiger partial charge in [0.25, 0.3) is 5.91 Å². The number of ether oxygens (including phenoxy) is 3. The zero-order valence-electron chi connectivity index (χ0n) is 23.2. The minimum Gasteiger partial charge on any atom is -0.492 e. The molecule has 3 aliphatic rings. The van der Waals surface area contributed by atoms with E-state index < -0.39 is 39.7 Å². The van der Waals surface area contributed by atoms with E-state index in [0.717, 1.165) is 60.5 Å². The fourth-order valence-electron chi connectivity index (χ4n) is 5.42. The first-order valence-electron chi connectivity index (χ1n) is 14.2. The van der Waals surface area contributed by atoms with Crippen LogP contribution in [0.5, 0.6) is 5.75 Å². The summed E-state index contributed by atoms with van der Waals surface area (Å²) in [6.45, 7) is 1.53. The number of carbonyl (C=O) groups is 2. The SMILES string of the molecule is O=C(NS(=O)(=O)N1CC(OC2CCCN(C(=O)OCc3ccccc3)C2)C1)c1cc(Cl)c(OCC2CCCC2)cc1F. The van der Waals surface area contributed by atoms with Crippen molar-refractivity contribution in [2.24, 2.45) is 5.92 Å². The number of nitrogens with one attached hydrogen (secondary N) is 1. The summed E-state index contributed by atoms with van der Waals surface area (Å²) < 4.78 is 60.3. The normalized spacial score (nSPS) is 20.2. The predicted octanol–water partition coefficient (Wildman–Crippen LogP) is 4.52. The van der Waals surface area contributed by atoms with Crippen LogP contribution in [0.2, 0.25) is 5.02 Å². The van der Waals surface area contributed by atoms with Crippen molar-refractivity contribution in [1.82, 2.24) is 13.9 Å². The number of piperidine rings is 1. The van der Waals surface area contributed by atoms with Gasteiger partial charge in [0.2, 0.25) is 0 Å². The van der Waals surface area contributed by atoms with Gasteiger partial charge in [-0.3, -0.25) is 4.79 Å². The van der Waals surface area contributed by atoms with Crippen LogP contribution < -0.4 is 9.46 Å². The van der Waals surface area contributed by atoms with E-state index >= 15 is 0 Å². The number of likely N-dealkylation sites (tertiary alicyclic amines) is 1. The Labute approximate surface area is 250 Å². The average Bonchev–Trinajstić information content (AvgIpc) is 3.48. The summed E-state index contributed by atoms with van der Waals surface area (Å²) in [6, 6.07) is 11.5. The van der Waals surface area contributed by atoms with Crippen LogP contribution in [0.1, 0.15) is 54.4 Å². The molecule has 2 aliphatic heterocycles. The van der Waals surface area contributed by atoms with E-state index in [0.29, 0.717) is 25.6 Å². The maximum atomic E-state index is 14.7. The molecule has 2 heterocycles. The van der Waals surface area contributed by atoms with Crippen LogP contribution in [-0.2, 0) is 26.3 Å². The van der Waals surface area contributed by atoms with E-state index in [2.05, 4.69) is 0 Å². The molecule has 0 aromatic heterocycles. The van der Waals surface area contributed by atoms with Gasteiger partial charge in [-0.25, -0.2) is 13.9 Å². The Morgan fingerprint density at radius 2 is 1.74 bits per heavy atom. The highest BCUT2D eigenvalue weighted by Gasteiger charge is 2.40. The zero-order chi connectivity index (χ0) is 29.7. The second-order valence-electron chi connectivity index (χ2n) is 11.0. The maximum Gasteiger partial charge on any atom is 0.410 e. The van der Waals surface area contributed by atoms with Crippen molar-refractivity contribution in [3.05, 3.63) is 64.4 Å². The number of halogens is 2. The summed E-state index contributed by atoms with van der Waals surface area (Å²) >= 11 is 6.21. The topological polar surface area (TPSA) is 114 Å². The number of amides is 2. The number of carbonyl (C=O) groups excluding carboxylic acids is 2. The van der Waals surface area contributed by atoms with Crippen LogP contribution >= 0.6 is 11.6 Å². The lowest BCUT2D eigenvalue weighted by atomic mass is 10.1. The Hall–Kier alpha value is -2.93. The molecule has 13 heteroatoms. The van der Waals surface area contributed by atoms with Gasteiger partial charge >= 0.3 is 16.3 Å². The van der Waals surface area contributed by atoms with E-state index in [1.54, 1.807) is 4.90 Å². The molecule has 2 aromatic carbocycles. The lowest BCUT2D eigenvalue weighted by Gasteiger charge is -2.41. The molecule has 1 atom stereocenters. The Bertz CT molecular complexity index is 1370. The molecule has 2 amide bonds. The number of benzene rings is 2. The Morgan fingerprint density at radius 3 is 2.48 bits per heavy atom. The van der Waals surface area contributed by atoms with Gasteiger partial charge in [0.15, 0.2) is 0 Å². The Kier molecular flexibility index (Phi) is 9.87. The van der Waals surface area contributed by atoms with E-state index in [1.807, 2.05) is 35.1 Å². The van der Waals surface area contributed by atoms with Gasteiger partial charge in [-0.2, -0.15) is 12.7 Å². The molecular weight excluding hydrogens is 589 g/mol. The third kappa shape index (κ3) is 7.71. The molecule has 2 saturated heterocycles. The van der Waals surface area contributed by atoms with Gasteiger partial charge in [0.1, 0.15) is 18.2 Å². The van der Waals surface area contributed by atoms with Gasteiger partial charge < -0.3 is 19.1 Å². The lowest BCUT2D eigenvalue weighted by Crippen LogP contribution is -2.60. The standard InChI is InChI=1S/C29H35ClFN3O7S/c30-25-13-24(26(31)14-27(25)39-18-20-9-4-5-10-20)28(35)32-42(37,38)34-16-23(17-34)41-22-11-6-12-33(15-22)29(36)40-19-21-7-2-1-3-8-21/h1-3,7-8,13-14,20,22-23H,4-6,9-12,15-19H2,(H,32,35). The number of hydrogen-bond donors (Lipinski definition) is 1. The molecule has 42 heavy (non-hydrogen) atoms. The highest BCUT2D eigenvalue weighted by atomic mass is 35.5. The van der Waals surface area contributed by atoms with Crippen LogP contribution in [0.4, 0.5) is 9.18 Å². The van der Waals surface area contributed by atoms with Crippen molar-refractivity contribution >= 4 is 33.8 Å². The Morgan fingerprint density at radius 1 is 1.00 bits per heavy atom. The van der Waals surface area contributed by atoms with E-state index in [9.17, 15) is 22.4 Å². The zero-order valence-corrected chi connectivity index (χ0v) is 24.7. The fraction of sp³-hybridized carbons (Fsp3) is 0.517. The van der Waals surface area contributed by atoms with Gasteiger partial charge in [0.05, 0.1) is 35.9 Å². The summed E-state index contributed by atoms with van der Waals surface area (Å²) in [7, 11) is -4.24. The number of hydrogen-bond acceptors (Lipinski definition) is 7. The second kappa shape index (κ2) is 13.6. The molecule has 2 aromatic rings. The summed E-state index contributed by atoms with van der Waals surface area (Å²) in [5, 5.41) is 0.0276. The number of rotatable bonds is 10. The van der Waals surface area contributed by atoms with Crippen LogP contribution in [0.15, 0.2) is 42.5 Å². The third-order valence-corrected chi connectivity index (χ3v) is 9.53. The van der Waals surface area contributed by atoms with Gasteiger partial charge in [-0.15, -0.1) is 0 Å². The van der Waals surface area contributed by atoms with Gasteiger partial charge in [-0.1, -0.05) is 54.8 Å². The molecule has 5 rings (SSSR count). The van der Waals surface area contributed by atoms with Crippen LogP contribution in [0, 0.1) is 11.7 Å². The average molecular weight is 624 g/mol. The first-order chi connectivity index (χ1) is 20.2. The highest BCUT2D eigenvalue weighted by Crippen LogP contribution is 2.31. The lowest BCUT2D eigenvalue weighted by molar-refractivity contribution is -0.0872. The molecule has 1 aliphatic carbocycles. The van der Waals surface area contributed by atoms with Crippen LogP contribution in [0.3, 0.4) is 0 Å². The summed E-state index contributed by atoms with van der Waals surface area (Å²) in [6.07, 6.45) is 4.73. The predicted molar refractivity (Wildman–Crippen MR) is 153 cm³/mol. The minimum atomic E-state index is -4.24. The van der Waals surface area contributed by atoms with Crippen molar-refractivity contribution < 1.29 is 36.6 Å². The summed E-state index contributed by atoms with van der Waals surface area (Å²) in [4.78, 5) is 26.8. The highest BCUT2D eigenvalue weighted by molar-refractivity contribution is 7.87. The van der Waals surface area contributed by atoms with Crippen LogP contribution in [0.25, 0.3) is 0 Å². The van der Waals surface area contributed by atoms with Crippen molar-refractivity contribution in [1.29, 1.82) is 0 Å². The Balaban J connectivity index is 1.07. The smallest absolute Gasteiger partial charge is 0.410 e.